The van der Waals surface area contributed by atoms with Gasteiger partial charge in [0, 0.05) is 49.4 Å². The highest BCUT2D eigenvalue weighted by atomic mass is 28.3. The van der Waals surface area contributed by atoms with Crippen LogP contribution in [0.5, 0.6) is 0 Å². The number of rotatable bonds is 7. The van der Waals surface area contributed by atoms with Crippen molar-refractivity contribution in [3.8, 4) is 17.1 Å². The molecule has 360 valence electrons. The lowest BCUT2D eigenvalue weighted by atomic mass is 10.1. The summed E-state index contributed by atoms with van der Waals surface area (Å²) in [5.41, 5.74) is 10.6. The number of fused-ring (bicyclic) bond motifs is 11. The van der Waals surface area contributed by atoms with Crippen molar-refractivity contribution >= 4 is 123 Å². The molecule has 0 atom stereocenters. The van der Waals surface area contributed by atoms with Gasteiger partial charge in [0.1, 0.15) is 0 Å². The molecule has 0 radical (unpaired) electrons. The fraction of sp³-hybridized carbons (Fsp3) is 0. The second-order valence-electron chi connectivity index (χ2n) is 20.7. The topological polar surface area (TPSA) is 14.8 Å². The molecule has 0 spiro atoms. The molecule has 3 nitrogen and oxygen atoms in total. The molecule has 15 aromatic rings. The molecule has 1 aliphatic heterocycles. The van der Waals surface area contributed by atoms with Crippen molar-refractivity contribution in [3.63, 3.8) is 0 Å². The van der Waals surface area contributed by atoms with Crippen molar-refractivity contribution in [1.29, 1.82) is 0 Å². The SMILES string of the molecule is c1ccc([Si]2(c3ccccc3)c3ccccc3[Si](c3ccccc3)(c3ccc(-n4c5ccc(-n6c7ccccc7c7ccccc76)cc5c5cc(-n6c7ccccc7c7ccccc76)ccc54)cc3)c3ccccc32)cc1. The largest absolute Gasteiger partial charge is 0.309 e. The zero-order chi connectivity index (χ0) is 50.7. The monoisotopic (exact) mass is 1010 g/mol. The summed E-state index contributed by atoms with van der Waals surface area (Å²) in [4.78, 5) is 0. The maximum Gasteiger partial charge on any atom is 0.179 e. The lowest BCUT2D eigenvalue weighted by Crippen LogP contribution is -2.93. The Morgan fingerprint density at radius 3 is 0.766 bits per heavy atom. The first-order valence-electron chi connectivity index (χ1n) is 26.8. The van der Waals surface area contributed by atoms with Gasteiger partial charge in [-0.2, -0.15) is 0 Å². The Morgan fingerprint density at radius 2 is 0.429 bits per heavy atom. The van der Waals surface area contributed by atoms with E-state index >= 15 is 0 Å². The highest BCUT2D eigenvalue weighted by Crippen LogP contribution is 2.39. The average Bonchev–Trinajstić information content (AvgIpc) is 4.19. The van der Waals surface area contributed by atoms with E-state index in [1.807, 2.05) is 0 Å². The van der Waals surface area contributed by atoms with Crippen LogP contribution in [0.15, 0.2) is 297 Å². The Bertz CT molecular complexity index is 4430. The van der Waals surface area contributed by atoms with Gasteiger partial charge in [-0.25, -0.2) is 0 Å². The summed E-state index contributed by atoms with van der Waals surface area (Å²) >= 11 is 0. The Morgan fingerprint density at radius 1 is 0.182 bits per heavy atom. The second-order valence-corrected chi connectivity index (χ2v) is 28.2. The molecule has 0 amide bonds. The van der Waals surface area contributed by atoms with Gasteiger partial charge in [-0.15, -0.1) is 0 Å². The van der Waals surface area contributed by atoms with Crippen LogP contribution in [0.1, 0.15) is 0 Å². The van der Waals surface area contributed by atoms with Crippen molar-refractivity contribution < 1.29 is 0 Å². The highest BCUT2D eigenvalue weighted by Gasteiger charge is 2.56. The lowest BCUT2D eigenvalue weighted by molar-refractivity contribution is 1.16. The Balaban J connectivity index is 0.945. The van der Waals surface area contributed by atoms with Crippen molar-refractivity contribution in [1.82, 2.24) is 13.7 Å². The van der Waals surface area contributed by atoms with Gasteiger partial charge in [-0.3, -0.25) is 0 Å². The van der Waals surface area contributed by atoms with E-state index in [4.69, 9.17) is 0 Å². The minimum absolute atomic E-state index is 1.13. The number of benzene rings is 12. The van der Waals surface area contributed by atoms with Gasteiger partial charge >= 0.3 is 0 Å². The zero-order valence-corrected chi connectivity index (χ0v) is 44.1. The molecule has 0 saturated carbocycles. The van der Waals surface area contributed by atoms with Crippen LogP contribution in [0.3, 0.4) is 0 Å². The number of para-hydroxylation sites is 4. The molecule has 0 saturated heterocycles. The Hall–Kier alpha value is -9.53. The van der Waals surface area contributed by atoms with Crippen LogP contribution >= 0.6 is 0 Å². The maximum absolute atomic E-state index is 2.99. The first-order valence-corrected chi connectivity index (χ1v) is 30.8. The first-order chi connectivity index (χ1) is 38.2. The number of aromatic nitrogens is 3. The van der Waals surface area contributed by atoms with E-state index in [1.54, 1.807) is 0 Å². The van der Waals surface area contributed by atoms with E-state index in [9.17, 15) is 0 Å². The molecule has 3 aromatic heterocycles. The van der Waals surface area contributed by atoms with Gasteiger partial charge in [0.05, 0.1) is 33.1 Å². The third-order valence-electron chi connectivity index (χ3n) is 17.1. The number of nitrogens with zero attached hydrogens (tertiary/aromatic N) is 3. The molecule has 77 heavy (non-hydrogen) atoms. The molecule has 0 unspecified atom stereocenters. The molecule has 5 heteroatoms. The molecule has 0 aliphatic carbocycles. The van der Waals surface area contributed by atoms with E-state index in [0.717, 1.165) is 17.1 Å². The fourth-order valence-electron chi connectivity index (χ4n) is 14.0. The van der Waals surface area contributed by atoms with Crippen molar-refractivity contribution in [2.45, 2.75) is 0 Å². The quantitative estimate of drug-likeness (QED) is 0.141. The average molecular weight is 1010 g/mol. The molecule has 0 fully saturated rings. The van der Waals surface area contributed by atoms with Gasteiger partial charge in [0.15, 0.2) is 16.1 Å². The molecule has 1 aliphatic rings. The number of hydrogen-bond acceptors (Lipinski definition) is 0. The normalized spacial score (nSPS) is 13.7. The summed E-state index contributed by atoms with van der Waals surface area (Å²) in [6.45, 7) is 0. The molecule has 0 N–H and O–H groups in total. The van der Waals surface area contributed by atoms with Crippen LogP contribution in [0.2, 0.25) is 0 Å². The maximum atomic E-state index is 2.50. The minimum Gasteiger partial charge on any atom is -0.309 e. The van der Waals surface area contributed by atoms with Crippen LogP contribution in [0.25, 0.3) is 82.5 Å². The van der Waals surface area contributed by atoms with Crippen molar-refractivity contribution in [3.05, 3.63) is 297 Å². The van der Waals surface area contributed by atoms with Crippen LogP contribution < -0.4 is 41.5 Å². The summed E-state index contributed by atoms with van der Waals surface area (Å²) in [5.74, 6) is 0. The summed E-state index contributed by atoms with van der Waals surface area (Å²) in [6.07, 6.45) is 0. The summed E-state index contributed by atoms with van der Waals surface area (Å²) in [7, 11) is -5.82. The van der Waals surface area contributed by atoms with Crippen LogP contribution in [0.4, 0.5) is 0 Å². The van der Waals surface area contributed by atoms with Gasteiger partial charge in [-0.1, -0.05) is 224 Å². The first kappa shape index (κ1) is 43.8. The number of hydrogen-bond donors (Lipinski definition) is 0. The highest BCUT2D eigenvalue weighted by molar-refractivity contribution is 7.32. The van der Waals surface area contributed by atoms with E-state index in [0.29, 0.717) is 0 Å². The zero-order valence-electron chi connectivity index (χ0n) is 42.1. The Labute approximate surface area is 448 Å². The summed E-state index contributed by atoms with van der Waals surface area (Å²) in [6, 6.07) is 113. The molecule has 4 heterocycles. The standard InChI is InChI=1S/C72H49N3Si2/c1-4-22-53(23-5-1)76(54-24-6-2-7-25-54)69-36-18-20-38-71(69)77(55-26-8-3-9-27-55,72-39-21-19-37-70(72)76)56-44-40-50(41-45-56)73-67-46-42-51(74-63-32-14-10-28-57(63)58-29-11-15-33-64(58)74)48-61(67)62-49-52(43-47-68(62)73)75-65-34-16-12-30-59(65)60-31-13-17-35-66(60)75/h1-49H. The van der Waals surface area contributed by atoms with Crippen LogP contribution in [0, 0.1) is 0 Å². The molecule has 0 bridgehead atoms. The third kappa shape index (κ3) is 6.12. The second kappa shape index (κ2) is 17.0. The predicted octanol–water partition coefficient (Wildman–Crippen LogP) is 12.0. The van der Waals surface area contributed by atoms with Crippen molar-refractivity contribution in [2.24, 2.45) is 0 Å². The predicted molar refractivity (Wildman–Crippen MR) is 330 cm³/mol. The van der Waals surface area contributed by atoms with Crippen LogP contribution in [-0.2, 0) is 0 Å². The van der Waals surface area contributed by atoms with E-state index in [1.165, 1.54) is 107 Å². The summed E-state index contributed by atoms with van der Waals surface area (Å²) < 4.78 is 7.39. The van der Waals surface area contributed by atoms with E-state index in [-0.39, 0.29) is 0 Å². The Kier molecular flexibility index (Phi) is 9.68. The van der Waals surface area contributed by atoms with E-state index in [2.05, 4.69) is 311 Å². The van der Waals surface area contributed by atoms with Gasteiger partial charge in [-0.05, 0) is 114 Å². The lowest BCUT2D eigenvalue weighted by Gasteiger charge is -2.48. The molecule has 16 rings (SSSR count). The van der Waals surface area contributed by atoms with E-state index < -0.39 is 16.1 Å². The van der Waals surface area contributed by atoms with Gasteiger partial charge < -0.3 is 13.7 Å². The van der Waals surface area contributed by atoms with Crippen LogP contribution in [-0.4, -0.2) is 29.8 Å². The van der Waals surface area contributed by atoms with Crippen molar-refractivity contribution in [2.75, 3.05) is 0 Å². The minimum atomic E-state index is -2.99. The third-order valence-corrected chi connectivity index (χ3v) is 27.3. The molecule has 12 aromatic carbocycles. The smallest absolute Gasteiger partial charge is 0.179 e. The summed E-state index contributed by atoms with van der Waals surface area (Å²) in [5, 5.41) is 18.9. The molecular weight excluding hydrogens is 963 g/mol. The molecular formula is C72H49N3Si2. The fourth-order valence-corrected chi connectivity index (χ4v) is 26.1. The van der Waals surface area contributed by atoms with Gasteiger partial charge in [0.2, 0.25) is 0 Å². The van der Waals surface area contributed by atoms with Gasteiger partial charge in [0.25, 0.3) is 0 Å².